The number of aromatic hydroxyl groups is 1. The Hall–Kier alpha value is -4.17. The van der Waals surface area contributed by atoms with Crippen molar-refractivity contribution < 1.29 is 19.4 Å². The van der Waals surface area contributed by atoms with Crippen LogP contribution in [0.2, 0.25) is 10.0 Å². The molecule has 0 spiro atoms. The minimum atomic E-state index is -0.890. The molecule has 2 amide bonds. The maximum atomic E-state index is 13.3. The number of hydrogen-bond acceptors (Lipinski definition) is 9. The van der Waals surface area contributed by atoms with Crippen LogP contribution in [0.15, 0.2) is 41.7 Å². The van der Waals surface area contributed by atoms with Gasteiger partial charge in [-0.25, -0.2) is 9.97 Å². The number of phenols is 1. The zero-order valence-electron chi connectivity index (χ0n) is 23.1. The Morgan fingerprint density at radius 3 is 2.60 bits per heavy atom. The molecule has 0 unspecified atom stereocenters. The molecule has 13 nitrogen and oxygen atoms in total. The summed E-state index contributed by atoms with van der Waals surface area (Å²) < 4.78 is 8.26. The largest absolute Gasteiger partial charge is 0.506 e. The molecule has 0 bridgehead atoms. The Morgan fingerprint density at radius 1 is 1.14 bits per heavy atom. The van der Waals surface area contributed by atoms with E-state index >= 15 is 0 Å². The number of amides is 2. The van der Waals surface area contributed by atoms with Gasteiger partial charge in [0.1, 0.15) is 23.8 Å². The van der Waals surface area contributed by atoms with Crippen molar-refractivity contribution in [3.05, 3.63) is 62.9 Å². The lowest BCUT2D eigenvalue weighted by molar-refractivity contribution is -0.116. The van der Waals surface area contributed by atoms with Crippen molar-refractivity contribution in [2.75, 3.05) is 49.6 Å². The van der Waals surface area contributed by atoms with Crippen molar-refractivity contribution in [3.63, 3.8) is 0 Å². The second-order valence-corrected chi connectivity index (χ2v) is 11.3. The Bertz CT molecular complexity index is 1810. The van der Waals surface area contributed by atoms with Gasteiger partial charge >= 0.3 is 0 Å². The lowest BCUT2D eigenvalue weighted by Gasteiger charge is -2.47. The molecule has 43 heavy (non-hydrogen) atoms. The highest BCUT2D eigenvalue weighted by Crippen LogP contribution is 2.36. The zero-order chi connectivity index (χ0) is 30.4. The van der Waals surface area contributed by atoms with E-state index in [1.165, 1.54) is 33.8 Å². The molecule has 224 valence electrons. The first-order chi connectivity index (χ1) is 20.6. The number of pyridine rings is 1. The zero-order valence-corrected chi connectivity index (χ0v) is 24.6. The van der Waals surface area contributed by atoms with Gasteiger partial charge < -0.3 is 34.9 Å². The number of aromatic nitrogens is 4. The molecule has 2 saturated heterocycles. The van der Waals surface area contributed by atoms with Crippen LogP contribution in [-0.4, -0.2) is 86.4 Å². The lowest BCUT2D eigenvalue weighted by atomic mass is 10.0. The summed E-state index contributed by atoms with van der Waals surface area (Å²) >= 11 is 12.6. The SMILES string of the molecule is Cn1cnc2c(c(-c3cc(Cl)c(O)c(C(N)=O)c3)cn2CC(=O)Nc2cc(N3CC(N4CCOCC4)C3)ncc2Cl)c1=O. The number of nitrogens with one attached hydrogen (secondary N) is 1. The number of carbonyl (C=O) groups is 2. The quantitative estimate of drug-likeness (QED) is 0.279. The number of morpholine rings is 1. The molecule has 4 aromatic rings. The molecule has 0 atom stereocenters. The molecule has 2 aliphatic rings. The molecule has 15 heteroatoms. The molecule has 0 radical (unpaired) electrons. The number of nitrogens with zero attached hydrogens (tertiary/aromatic N) is 6. The smallest absolute Gasteiger partial charge is 0.263 e. The van der Waals surface area contributed by atoms with E-state index in [1.54, 1.807) is 19.3 Å². The fourth-order valence-corrected chi connectivity index (χ4v) is 5.77. The normalized spacial score (nSPS) is 15.9. The van der Waals surface area contributed by atoms with Crippen molar-refractivity contribution >= 4 is 57.6 Å². The third kappa shape index (κ3) is 5.52. The van der Waals surface area contributed by atoms with Gasteiger partial charge in [0.15, 0.2) is 0 Å². The molecule has 2 fully saturated rings. The van der Waals surface area contributed by atoms with Crippen molar-refractivity contribution in [3.8, 4) is 16.9 Å². The number of halogens is 2. The highest BCUT2D eigenvalue weighted by Gasteiger charge is 2.33. The fraction of sp³-hybridized carbons (Fsp3) is 0.321. The number of fused-ring (bicyclic) bond motifs is 1. The molecule has 4 N–H and O–H groups in total. The number of carbonyl (C=O) groups excluding carboxylic acids is 2. The molecule has 6 rings (SSSR count). The molecule has 2 aliphatic heterocycles. The van der Waals surface area contributed by atoms with Gasteiger partial charge in [0.2, 0.25) is 5.91 Å². The van der Waals surface area contributed by atoms with Crippen LogP contribution in [-0.2, 0) is 23.1 Å². The summed E-state index contributed by atoms with van der Waals surface area (Å²) in [6.07, 6.45) is 4.43. The topological polar surface area (TPSA) is 161 Å². The Labute approximate surface area is 255 Å². The lowest BCUT2D eigenvalue weighted by Crippen LogP contribution is -2.61. The van der Waals surface area contributed by atoms with E-state index in [4.69, 9.17) is 33.7 Å². The first kappa shape index (κ1) is 28.9. The summed E-state index contributed by atoms with van der Waals surface area (Å²) in [6.45, 7) is 4.74. The summed E-state index contributed by atoms with van der Waals surface area (Å²) in [7, 11) is 1.55. The Balaban J connectivity index is 1.25. The van der Waals surface area contributed by atoms with Crippen molar-refractivity contribution in [1.29, 1.82) is 0 Å². The number of rotatable bonds is 7. The number of ether oxygens (including phenoxy) is 1. The molecule has 0 saturated carbocycles. The van der Waals surface area contributed by atoms with Crippen molar-refractivity contribution in [2.24, 2.45) is 12.8 Å². The van der Waals surface area contributed by atoms with E-state index in [2.05, 4.69) is 25.1 Å². The minimum absolute atomic E-state index is 0.118. The highest BCUT2D eigenvalue weighted by atomic mass is 35.5. The summed E-state index contributed by atoms with van der Waals surface area (Å²) in [5.41, 5.74) is 6.19. The van der Waals surface area contributed by atoms with Crippen LogP contribution in [0.25, 0.3) is 22.2 Å². The van der Waals surface area contributed by atoms with Crippen LogP contribution in [0.3, 0.4) is 0 Å². The van der Waals surface area contributed by atoms with E-state index < -0.39 is 17.6 Å². The summed E-state index contributed by atoms with van der Waals surface area (Å²) in [5, 5.41) is 13.4. The maximum absolute atomic E-state index is 13.3. The number of hydrogen-bond donors (Lipinski definition) is 3. The van der Waals surface area contributed by atoms with Crippen LogP contribution in [0, 0.1) is 0 Å². The third-order valence-electron chi connectivity index (χ3n) is 7.75. The fourth-order valence-electron chi connectivity index (χ4n) is 5.40. The van der Waals surface area contributed by atoms with Crippen LogP contribution in [0.5, 0.6) is 5.75 Å². The van der Waals surface area contributed by atoms with Gasteiger partial charge in [-0.3, -0.25) is 19.3 Å². The van der Waals surface area contributed by atoms with Gasteiger partial charge in [0.25, 0.3) is 11.5 Å². The summed E-state index contributed by atoms with van der Waals surface area (Å²) in [6, 6.07) is 4.92. The number of benzene rings is 1. The van der Waals surface area contributed by atoms with E-state index in [1.807, 2.05) is 0 Å². The monoisotopic (exact) mass is 626 g/mol. The predicted octanol–water partition coefficient (Wildman–Crippen LogP) is 2.07. The van der Waals surface area contributed by atoms with Crippen molar-refractivity contribution in [1.82, 2.24) is 24.0 Å². The second kappa shape index (κ2) is 11.5. The standard InChI is InChI=1S/C28H28Cl2N8O5/c1-35-14-33-27-24(28(35)42)18(15-6-17(26(31)41)25(40)19(29)7-15)12-38(27)13-23(39)34-21-8-22(32-9-20(21)30)37-10-16(11-37)36-2-4-43-5-3-36/h6-9,12,14,16,40H,2-5,10-11,13H2,1H3,(H2,31,41)(H,32,34,39). The van der Waals surface area contributed by atoms with Gasteiger partial charge in [0, 0.05) is 57.1 Å². The first-order valence-electron chi connectivity index (χ1n) is 13.5. The van der Waals surface area contributed by atoms with Crippen LogP contribution in [0.1, 0.15) is 10.4 Å². The van der Waals surface area contributed by atoms with E-state index in [0.717, 1.165) is 39.4 Å². The number of nitrogens with two attached hydrogens (primary N) is 1. The average Bonchev–Trinajstić information content (AvgIpc) is 3.32. The highest BCUT2D eigenvalue weighted by molar-refractivity contribution is 6.34. The summed E-state index contributed by atoms with van der Waals surface area (Å²) in [5.74, 6) is -1.06. The number of aryl methyl sites for hydroxylation is 1. The van der Waals surface area contributed by atoms with Crippen LogP contribution < -0.4 is 21.5 Å². The van der Waals surface area contributed by atoms with Gasteiger partial charge in [-0.2, -0.15) is 0 Å². The van der Waals surface area contributed by atoms with Gasteiger partial charge in [-0.05, 0) is 17.7 Å². The van der Waals surface area contributed by atoms with E-state index in [9.17, 15) is 19.5 Å². The van der Waals surface area contributed by atoms with Gasteiger partial charge in [-0.1, -0.05) is 23.2 Å². The predicted molar refractivity (Wildman–Crippen MR) is 162 cm³/mol. The molecular weight excluding hydrogens is 599 g/mol. The second-order valence-electron chi connectivity index (χ2n) is 10.5. The summed E-state index contributed by atoms with van der Waals surface area (Å²) in [4.78, 5) is 51.7. The number of anilines is 2. The molecule has 3 aromatic heterocycles. The van der Waals surface area contributed by atoms with Crippen LogP contribution in [0.4, 0.5) is 11.5 Å². The van der Waals surface area contributed by atoms with E-state index in [-0.39, 0.29) is 38.7 Å². The molecule has 0 aliphatic carbocycles. The van der Waals surface area contributed by atoms with Gasteiger partial charge in [0.05, 0.1) is 52.4 Å². The minimum Gasteiger partial charge on any atom is -0.506 e. The average molecular weight is 627 g/mol. The Kier molecular flexibility index (Phi) is 7.73. The van der Waals surface area contributed by atoms with Gasteiger partial charge in [-0.15, -0.1) is 0 Å². The molecule has 1 aromatic carbocycles. The van der Waals surface area contributed by atoms with Crippen molar-refractivity contribution in [2.45, 2.75) is 12.6 Å². The third-order valence-corrected chi connectivity index (χ3v) is 8.34. The molecular formula is C28H28Cl2N8O5. The number of primary amides is 1. The van der Waals surface area contributed by atoms with E-state index in [0.29, 0.717) is 28.7 Å². The maximum Gasteiger partial charge on any atom is 0.263 e. The first-order valence-corrected chi connectivity index (χ1v) is 14.3. The molecule has 5 heterocycles. The van der Waals surface area contributed by atoms with Crippen LogP contribution >= 0.6 is 23.2 Å². The Morgan fingerprint density at radius 2 is 1.88 bits per heavy atom.